The van der Waals surface area contributed by atoms with Crippen molar-refractivity contribution >= 4 is 30.0 Å². The van der Waals surface area contributed by atoms with Crippen LogP contribution in [0.25, 0.3) is 0 Å². The third-order valence-corrected chi connectivity index (χ3v) is 8.49. The van der Waals surface area contributed by atoms with Crippen molar-refractivity contribution in [2.75, 3.05) is 6.61 Å². The summed E-state index contributed by atoms with van der Waals surface area (Å²) >= 11 is 0. The highest BCUT2D eigenvalue weighted by Crippen LogP contribution is 2.68. The van der Waals surface area contributed by atoms with Gasteiger partial charge in [-0.05, 0) is 42.6 Å². The molecular weight excluding hydrogens is 416 g/mol. The Morgan fingerprint density at radius 2 is 1.75 bits per heavy atom. The third kappa shape index (κ3) is 2.70. The topological polar surface area (TPSA) is 113 Å². The number of cyclic esters (lactones) is 1. The minimum Gasteiger partial charge on any atom is -0.464 e. The molecule has 1 heterocycles. The summed E-state index contributed by atoms with van der Waals surface area (Å²) in [4.78, 5) is 63.7. The lowest BCUT2D eigenvalue weighted by atomic mass is 9.43. The molecule has 32 heavy (non-hydrogen) atoms. The summed E-state index contributed by atoms with van der Waals surface area (Å²) in [5.41, 5.74) is -3.12. The highest BCUT2D eigenvalue weighted by molar-refractivity contribution is 6.16. The number of carbonyl (C=O) groups excluding carboxylic acids is 5. The van der Waals surface area contributed by atoms with E-state index in [2.05, 4.69) is 6.58 Å². The van der Waals surface area contributed by atoms with Crippen LogP contribution in [-0.4, -0.2) is 48.8 Å². The average Bonchev–Trinajstić information content (AvgIpc) is 2.81. The molecule has 4 aliphatic rings. The van der Waals surface area contributed by atoms with Crippen LogP contribution in [0.4, 0.5) is 0 Å². The van der Waals surface area contributed by atoms with E-state index in [1.165, 1.54) is 13.8 Å². The molecule has 0 unspecified atom stereocenters. The smallest absolute Gasteiger partial charge is 0.324 e. The number of carbonyl (C=O) groups is 5. The standard InChI is InChI=1S/C24H30O8/c1-12-15-6-7-16-23(17(10-25)22(4,5)9-8-18(23)31-13(2)26)11-30-21(29)24(16,19(12)28)20(15)32-14(3)27/h10,15-18,20H,1,6-9,11H2,2-5H3/t15-,16+,17-,18+,20-,23+,24+/m1/s1. The quantitative estimate of drug-likeness (QED) is 0.213. The molecule has 0 aromatic heterocycles. The van der Waals surface area contributed by atoms with Crippen LogP contribution < -0.4 is 0 Å². The van der Waals surface area contributed by atoms with Gasteiger partial charge in [0.1, 0.15) is 25.1 Å². The predicted octanol–water partition coefficient (Wildman–Crippen LogP) is 2.18. The van der Waals surface area contributed by atoms with Crippen LogP contribution in [0.2, 0.25) is 0 Å². The van der Waals surface area contributed by atoms with Gasteiger partial charge in [0.2, 0.25) is 0 Å². The molecular formula is C24H30O8. The molecule has 2 spiro atoms. The van der Waals surface area contributed by atoms with Gasteiger partial charge in [-0.15, -0.1) is 0 Å². The van der Waals surface area contributed by atoms with Crippen LogP contribution in [0.1, 0.15) is 53.4 Å². The highest BCUT2D eigenvalue weighted by Gasteiger charge is 2.79. The lowest BCUT2D eigenvalue weighted by Gasteiger charge is -2.62. The van der Waals surface area contributed by atoms with Crippen molar-refractivity contribution < 1.29 is 38.2 Å². The summed E-state index contributed by atoms with van der Waals surface area (Å²) in [5, 5.41) is 0. The normalized spacial score (nSPS) is 42.1. The fourth-order valence-corrected chi connectivity index (χ4v) is 7.29. The number of ether oxygens (including phenoxy) is 3. The van der Waals surface area contributed by atoms with Crippen LogP contribution in [-0.2, 0) is 38.2 Å². The molecule has 1 aliphatic heterocycles. The monoisotopic (exact) mass is 446 g/mol. The van der Waals surface area contributed by atoms with Crippen molar-refractivity contribution in [1.82, 2.24) is 0 Å². The molecule has 3 aliphatic carbocycles. The Balaban J connectivity index is 1.97. The van der Waals surface area contributed by atoms with Gasteiger partial charge in [0.25, 0.3) is 0 Å². The maximum atomic E-state index is 13.7. The fraction of sp³-hybridized carbons (Fsp3) is 0.708. The minimum absolute atomic E-state index is 0.139. The second kappa shape index (κ2) is 7.25. The van der Waals surface area contributed by atoms with Crippen molar-refractivity contribution in [3.05, 3.63) is 12.2 Å². The molecule has 0 amide bonds. The van der Waals surface area contributed by atoms with Crippen molar-refractivity contribution in [1.29, 1.82) is 0 Å². The largest absolute Gasteiger partial charge is 0.464 e. The molecule has 0 aromatic carbocycles. The molecule has 0 aromatic rings. The molecule has 174 valence electrons. The number of esters is 3. The van der Waals surface area contributed by atoms with Gasteiger partial charge >= 0.3 is 17.9 Å². The van der Waals surface area contributed by atoms with Crippen molar-refractivity contribution in [3.63, 3.8) is 0 Å². The second-order valence-corrected chi connectivity index (χ2v) is 10.4. The molecule has 0 N–H and O–H groups in total. The molecule has 8 heteroatoms. The molecule has 2 bridgehead atoms. The minimum atomic E-state index is -1.78. The zero-order valence-corrected chi connectivity index (χ0v) is 19.0. The average molecular weight is 446 g/mol. The van der Waals surface area contributed by atoms with Gasteiger partial charge in [0.15, 0.2) is 11.2 Å². The maximum Gasteiger partial charge on any atom is 0.324 e. The van der Waals surface area contributed by atoms with E-state index in [1.807, 2.05) is 13.8 Å². The summed E-state index contributed by atoms with van der Waals surface area (Å²) in [6.07, 6.45) is 1.10. The molecule has 1 saturated heterocycles. The summed E-state index contributed by atoms with van der Waals surface area (Å²) in [6, 6.07) is 0. The first kappa shape index (κ1) is 22.7. The summed E-state index contributed by atoms with van der Waals surface area (Å²) in [5.74, 6) is -4.16. The van der Waals surface area contributed by atoms with Gasteiger partial charge < -0.3 is 19.0 Å². The predicted molar refractivity (Wildman–Crippen MR) is 110 cm³/mol. The SMILES string of the molecule is C=C1C(=O)[C@@]23C(=O)OC[C@]4([C@@H](OC(C)=O)CCC(C)(C)[C@H]4C=O)[C@@H]2CC[C@H]1[C@H]3OC(C)=O. The van der Waals surface area contributed by atoms with Gasteiger partial charge in [-0.25, -0.2) is 0 Å². The summed E-state index contributed by atoms with van der Waals surface area (Å²) < 4.78 is 17.0. The van der Waals surface area contributed by atoms with Gasteiger partial charge in [-0.1, -0.05) is 20.4 Å². The van der Waals surface area contributed by atoms with E-state index in [-0.39, 0.29) is 12.2 Å². The highest BCUT2D eigenvalue weighted by atomic mass is 16.6. The Morgan fingerprint density at radius 3 is 2.34 bits per heavy atom. The number of hydrogen-bond acceptors (Lipinski definition) is 8. The Kier molecular flexibility index (Phi) is 5.14. The number of fused-ring (bicyclic) bond motifs is 2. The summed E-state index contributed by atoms with van der Waals surface area (Å²) in [7, 11) is 0. The van der Waals surface area contributed by atoms with E-state index in [1.54, 1.807) is 0 Å². The van der Waals surface area contributed by atoms with Crippen molar-refractivity contribution in [2.24, 2.45) is 34.0 Å². The third-order valence-electron chi connectivity index (χ3n) is 8.49. The van der Waals surface area contributed by atoms with E-state index in [4.69, 9.17) is 14.2 Å². The first-order valence-electron chi connectivity index (χ1n) is 11.1. The van der Waals surface area contributed by atoms with Gasteiger partial charge in [0.05, 0.1) is 5.41 Å². The number of hydrogen-bond donors (Lipinski definition) is 0. The number of aldehydes is 1. The zero-order valence-electron chi connectivity index (χ0n) is 19.0. The van der Waals surface area contributed by atoms with E-state index < -0.39 is 69.9 Å². The van der Waals surface area contributed by atoms with Crippen LogP contribution in [0, 0.1) is 34.0 Å². The van der Waals surface area contributed by atoms with Crippen LogP contribution >= 0.6 is 0 Å². The number of Topliss-reactive ketones (excluding diaryl/α,β-unsaturated/α-hetero) is 1. The first-order valence-corrected chi connectivity index (χ1v) is 11.1. The summed E-state index contributed by atoms with van der Waals surface area (Å²) in [6.45, 7) is 10.2. The van der Waals surface area contributed by atoms with E-state index in [0.717, 1.165) is 6.29 Å². The zero-order chi connectivity index (χ0) is 23.6. The molecule has 4 rings (SSSR count). The van der Waals surface area contributed by atoms with Gasteiger partial charge in [-0.3, -0.25) is 19.2 Å². The molecule has 4 fully saturated rings. The Labute approximate surface area is 187 Å². The van der Waals surface area contributed by atoms with E-state index >= 15 is 0 Å². The fourth-order valence-electron chi connectivity index (χ4n) is 7.29. The second-order valence-electron chi connectivity index (χ2n) is 10.4. The molecule has 8 nitrogen and oxygen atoms in total. The Bertz CT molecular complexity index is 919. The van der Waals surface area contributed by atoms with Crippen LogP contribution in [0.5, 0.6) is 0 Å². The lowest BCUT2D eigenvalue weighted by molar-refractivity contribution is -0.252. The van der Waals surface area contributed by atoms with E-state index in [9.17, 15) is 24.0 Å². The van der Waals surface area contributed by atoms with Crippen molar-refractivity contribution in [3.8, 4) is 0 Å². The van der Waals surface area contributed by atoms with Gasteiger partial charge in [-0.2, -0.15) is 0 Å². The number of ketones is 1. The van der Waals surface area contributed by atoms with Crippen molar-refractivity contribution in [2.45, 2.75) is 65.6 Å². The maximum absolute atomic E-state index is 13.7. The lowest BCUT2D eigenvalue weighted by Crippen LogP contribution is -2.71. The Hall–Kier alpha value is -2.51. The molecule has 7 atom stereocenters. The number of rotatable bonds is 3. The molecule has 3 saturated carbocycles. The van der Waals surface area contributed by atoms with Gasteiger partial charge in [0, 0.05) is 25.7 Å². The van der Waals surface area contributed by atoms with Crippen LogP contribution in [0.3, 0.4) is 0 Å². The molecule has 0 radical (unpaired) electrons. The first-order chi connectivity index (χ1) is 14.9. The van der Waals surface area contributed by atoms with Crippen LogP contribution in [0.15, 0.2) is 12.2 Å². The van der Waals surface area contributed by atoms with E-state index in [0.29, 0.717) is 25.7 Å². The Morgan fingerprint density at radius 1 is 1.09 bits per heavy atom.